The second kappa shape index (κ2) is 7.92. The van der Waals surface area contributed by atoms with Crippen LogP contribution in [0.15, 0.2) is 18.2 Å². The van der Waals surface area contributed by atoms with Gasteiger partial charge in [-0.15, -0.1) is 0 Å². The number of para-hydroxylation sites is 1. The summed E-state index contributed by atoms with van der Waals surface area (Å²) in [6.07, 6.45) is -0.508. The summed E-state index contributed by atoms with van der Waals surface area (Å²) in [5.41, 5.74) is 0.987. The summed E-state index contributed by atoms with van der Waals surface area (Å²) in [7, 11) is 4.78. The van der Waals surface area contributed by atoms with E-state index in [0.717, 1.165) is 5.56 Å². The second-order valence-corrected chi connectivity index (χ2v) is 3.89. The molecule has 1 rings (SSSR count). The van der Waals surface area contributed by atoms with Crippen molar-refractivity contribution in [3.63, 3.8) is 0 Å². The van der Waals surface area contributed by atoms with Crippen LogP contribution in [0.2, 0.25) is 0 Å². The third-order valence-corrected chi connectivity index (χ3v) is 2.54. The van der Waals surface area contributed by atoms with Gasteiger partial charge < -0.3 is 24.6 Å². The molecule has 0 aliphatic carbocycles. The van der Waals surface area contributed by atoms with Gasteiger partial charge in [-0.25, -0.2) is 0 Å². The van der Waals surface area contributed by atoms with Crippen LogP contribution in [-0.4, -0.2) is 45.7 Å². The Labute approximate surface area is 108 Å². The Morgan fingerprint density at radius 2 is 2.00 bits per heavy atom. The number of rotatable bonds is 8. The van der Waals surface area contributed by atoms with Gasteiger partial charge in [-0.1, -0.05) is 12.1 Å². The molecule has 1 unspecified atom stereocenters. The van der Waals surface area contributed by atoms with Crippen molar-refractivity contribution < 1.29 is 19.3 Å². The predicted molar refractivity (Wildman–Crippen MR) is 69.1 cm³/mol. The monoisotopic (exact) mass is 255 g/mol. The molecule has 1 aromatic rings. The third kappa shape index (κ3) is 4.18. The highest BCUT2D eigenvalue weighted by Gasteiger charge is 2.09. The molecule has 0 spiro atoms. The fourth-order valence-electron chi connectivity index (χ4n) is 1.72. The van der Waals surface area contributed by atoms with E-state index < -0.39 is 6.10 Å². The summed E-state index contributed by atoms with van der Waals surface area (Å²) >= 11 is 0. The van der Waals surface area contributed by atoms with Crippen LogP contribution in [0.1, 0.15) is 5.56 Å². The summed E-state index contributed by atoms with van der Waals surface area (Å²) in [6.45, 7) is 1.39. The quantitative estimate of drug-likeness (QED) is 0.719. The number of aliphatic hydroxyl groups excluding tert-OH is 1. The number of hydrogen-bond acceptors (Lipinski definition) is 5. The minimum absolute atomic E-state index is 0.322. The van der Waals surface area contributed by atoms with Gasteiger partial charge in [-0.2, -0.15) is 0 Å². The molecule has 0 aliphatic rings. The Balaban J connectivity index is 2.56. The molecule has 0 fully saturated rings. The second-order valence-electron chi connectivity index (χ2n) is 3.89. The zero-order valence-corrected chi connectivity index (χ0v) is 11.1. The molecule has 0 saturated carbocycles. The molecule has 0 radical (unpaired) electrons. The highest BCUT2D eigenvalue weighted by atomic mass is 16.5. The lowest BCUT2D eigenvalue weighted by Crippen LogP contribution is -2.29. The molecular weight excluding hydrogens is 234 g/mol. The Bertz CT molecular complexity index is 357. The number of aliphatic hydroxyl groups is 1. The van der Waals surface area contributed by atoms with Gasteiger partial charge >= 0.3 is 0 Å². The molecule has 0 amide bonds. The lowest BCUT2D eigenvalue weighted by molar-refractivity contribution is 0.0644. The smallest absolute Gasteiger partial charge is 0.165 e. The molecule has 1 aromatic carbocycles. The first-order chi connectivity index (χ1) is 8.72. The predicted octanol–water partition coefficient (Wildman–Crippen LogP) is 0.801. The van der Waals surface area contributed by atoms with E-state index in [1.165, 1.54) is 0 Å². The van der Waals surface area contributed by atoms with Gasteiger partial charge in [0.1, 0.15) is 0 Å². The van der Waals surface area contributed by atoms with Crippen molar-refractivity contribution in [1.82, 2.24) is 5.32 Å². The number of nitrogens with one attached hydrogen (secondary N) is 1. The number of ether oxygens (including phenoxy) is 3. The van der Waals surface area contributed by atoms with Crippen molar-refractivity contribution in [2.24, 2.45) is 0 Å². The Kier molecular flexibility index (Phi) is 6.49. The molecular formula is C13H21NO4. The van der Waals surface area contributed by atoms with Gasteiger partial charge in [0, 0.05) is 25.8 Å². The summed E-state index contributed by atoms with van der Waals surface area (Å²) in [4.78, 5) is 0. The molecule has 0 bridgehead atoms. The van der Waals surface area contributed by atoms with Crippen LogP contribution in [0.5, 0.6) is 11.5 Å². The van der Waals surface area contributed by atoms with Gasteiger partial charge in [0.15, 0.2) is 11.5 Å². The van der Waals surface area contributed by atoms with Crippen LogP contribution in [0, 0.1) is 0 Å². The number of benzene rings is 1. The molecule has 5 nitrogen and oxygen atoms in total. The highest BCUT2D eigenvalue weighted by molar-refractivity contribution is 5.46. The average molecular weight is 255 g/mol. The van der Waals surface area contributed by atoms with Crippen molar-refractivity contribution in [3.05, 3.63) is 23.8 Å². The molecule has 5 heteroatoms. The minimum Gasteiger partial charge on any atom is -0.493 e. The zero-order valence-electron chi connectivity index (χ0n) is 11.1. The van der Waals surface area contributed by atoms with Crippen molar-refractivity contribution in [2.75, 3.05) is 34.5 Å². The number of methoxy groups -OCH3 is 3. The lowest BCUT2D eigenvalue weighted by Gasteiger charge is -2.14. The SMILES string of the molecule is COCC(O)CNCc1cccc(OC)c1OC. The van der Waals surface area contributed by atoms with E-state index >= 15 is 0 Å². The third-order valence-electron chi connectivity index (χ3n) is 2.54. The van der Waals surface area contributed by atoms with Crippen LogP contribution in [0.25, 0.3) is 0 Å². The maximum atomic E-state index is 9.51. The van der Waals surface area contributed by atoms with Crippen LogP contribution in [-0.2, 0) is 11.3 Å². The van der Waals surface area contributed by atoms with Gasteiger partial charge in [-0.05, 0) is 6.07 Å². The molecule has 0 saturated heterocycles. The molecule has 0 aliphatic heterocycles. The van der Waals surface area contributed by atoms with E-state index in [1.54, 1.807) is 21.3 Å². The van der Waals surface area contributed by atoms with Crippen LogP contribution in [0.3, 0.4) is 0 Å². The van der Waals surface area contributed by atoms with E-state index in [1.807, 2.05) is 18.2 Å². The zero-order chi connectivity index (χ0) is 13.4. The Hall–Kier alpha value is -1.30. The maximum absolute atomic E-state index is 9.51. The summed E-state index contributed by atoms with van der Waals surface area (Å²) < 4.78 is 15.4. The van der Waals surface area contributed by atoms with Crippen LogP contribution < -0.4 is 14.8 Å². The summed E-state index contributed by atoms with van der Waals surface area (Å²) in [5.74, 6) is 1.42. The van der Waals surface area contributed by atoms with Gasteiger partial charge in [0.25, 0.3) is 0 Å². The van der Waals surface area contributed by atoms with E-state index in [4.69, 9.17) is 14.2 Å². The van der Waals surface area contributed by atoms with Gasteiger partial charge in [-0.3, -0.25) is 0 Å². The van der Waals surface area contributed by atoms with Crippen molar-refractivity contribution >= 4 is 0 Å². The van der Waals surface area contributed by atoms with Gasteiger partial charge in [0.05, 0.1) is 26.9 Å². The average Bonchev–Trinajstić information content (AvgIpc) is 2.38. The van der Waals surface area contributed by atoms with E-state index in [-0.39, 0.29) is 0 Å². The van der Waals surface area contributed by atoms with Crippen LogP contribution in [0.4, 0.5) is 0 Å². The van der Waals surface area contributed by atoms with Crippen molar-refractivity contribution in [1.29, 1.82) is 0 Å². The normalized spacial score (nSPS) is 12.2. The molecule has 102 valence electrons. The van der Waals surface area contributed by atoms with Crippen LogP contribution >= 0.6 is 0 Å². The molecule has 18 heavy (non-hydrogen) atoms. The molecule has 1 atom stereocenters. The highest BCUT2D eigenvalue weighted by Crippen LogP contribution is 2.30. The summed E-state index contributed by atoms with van der Waals surface area (Å²) in [6, 6.07) is 5.71. The maximum Gasteiger partial charge on any atom is 0.165 e. The first-order valence-electron chi connectivity index (χ1n) is 5.80. The fourth-order valence-corrected chi connectivity index (χ4v) is 1.72. The standard InChI is InChI=1S/C13H21NO4/c1-16-9-11(15)8-14-7-10-5-4-6-12(17-2)13(10)18-3/h4-6,11,14-15H,7-9H2,1-3H3. The topological polar surface area (TPSA) is 60.0 Å². The first-order valence-corrected chi connectivity index (χ1v) is 5.80. The van der Waals surface area contributed by atoms with E-state index in [2.05, 4.69) is 5.32 Å². The fraction of sp³-hybridized carbons (Fsp3) is 0.538. The molecule has 0 aromatic heterocycles. The molecule has 2 N–H and O–H groups in total. The van der Waals surface area contributed by atoms with Crippen molar-refractivity contribution in [2.45, 2.75) is 12.6 Å². The number of hydrogen-bond donors (Lipinski definition) is 2. The lowest BCUT2D eigenvalue weighted by atomic mass is 10.2. The largest absolute Gasteiger partial charge is 0.493 e. The van der Waals surface area contributed by atoms with Gasteiger partial charge in [0.2, 0.25) is 0 Å². The molecule has 0 heterocycles. The summed E-state index contributed by atoms with van der Waals surface area (Å²) in [5, 5.41) is 12.7. The van der Waals surface area contributed by atoms with E-state index in [9.17, 15) is 5.11 Å². The first kappa shape index (κ1) is 14.8. The Morgan fingerprint density at radius 3 is 2.61 bits per heavy atom. The van der Waals surface area contributed by atoms with Crippen molar-refractivity contribution in [3.8, 4) is 11.5 Å². The minimum atomic E-state index is -0.508. The van der Waals surface area contributed by atoms with E-state index in [0.29, 0.717) is 31.2 Å². The Morgan fingerprint density at radius 1 is 1.22 bits per heavy atom.